The molecule has 0 atom stereocenters. The van der Waals surface area contributed by atoms with Crippen LogP contribution in [0.15, 0.2) is 78.0 Å². The van der Waals surface area contributed by atoms with Crippen LogP contribution >= 0.6 is 0 Å². The molecule has 2 aromatic carbocycles. The van der Waals surface area contributed by atoms with Crippen LogP contribution in [-0.2, 0) is 4.79 Å². The van der Waals surface area contributed by atoms with Gasteiger partial charge in [0.15, 0.2) is 0 Å². The van der Waals surface area contributed by atoms with Crippen molar-refractivity contribution in [3.8, 4) is 11.4 Å². The number of nitro benzene ring substituents is 1. The minimum Gasteiger partial charge on any atom is -0.497 e. The third-order valence-electron chi connectivity index (χ3n) is 4.03. The van der Waals surface area contributed by atoms with Gasteiger partial charge in [-0.1, -0.05) is 12.1 Å². The van der Waals surface area contributed by atoms with Gasteiger partial charge in [0.2, 0.25) is 0 Å². The second-order valence-corrected chi connectivity index (χ2v) is 5.92. The molecular weight excluding hydrogens is 372 g/mol. The lowest BCUT2D eigenvalue weighted by Crippen LogP contribution is -2.14. The molecule has 1 N–H and O–H groups in total. The summed E-state index contributed by atoms with van der Waals surface area (Å²) in [6, 6.07) is 17.1. The average Bonchev–Trinajstić information content (AvgIpc) is 3.21. The van der Waals surface area contributed by atoms with Gasteiger partial charge in [-0.2, -0.15) is 5.10 Å². The molecule has 0 spiro atoms. The van der Waals surface area contributed by atoms with Crippen molar-refractivity contribution in [2.75, 3.05) is 7.11 Å². The molecule has 3 aromatic rings. The van der Waals surface area contributed by atoms with Gasteiger partial charge < -0.3 is 9.30 Å². The highest BCUT2D eigenvalue weighted by Gasteiger charge is 2.06. The highest BCUT2D eigenvalue weighted by molar-refractivity contribution is 5.92. The number of nitrogens with one attached hydrogen (secondary N) is 1. The highest BCUT2D eigenvalue weighted by atomic mass is 16.6. The van der Waals surface area contributed by atoms with Crippen molar-refractivity contribution in [1.29, 1.82) is 0 Å². The Balaban J connectivity index is 1.62. The van der Waals surface area contributed by atoms with Crippen LogP contribution in [0.3, 0.4) is 0 Å². The van der Waals surface area contributed by atoms with Gasteiger partial charge in [-0.05, 0) is 48.0 Å². The molecule has 0 aliphatic rings. The number of carbonyl (C=O) groups is 1. The van der Waals surface area contributed by atoms with Gasteiger partial charge >= 0.3 is 0 Å². The fraction of sp³-hybridized carbons (Fsp3) is 0.0476. The van der Waals surface area contributed by atoms with Crippen LogP contribution < -0.4 is 10.2 Å². The van der Waals surface area contributed by atoms with Crippen LogP contribution in [0.5, 0.6) is 5.75 Å². The summed E-state index contributed by atoms with van der Waals surface area (Å²) in [4.78, 5) is 22.2. The molecule has 0 radical (unpaired) electrons. The molecule has 0 fully saturated rings. The number of methoxy groups -OCH3 is 1. The maximum atomic E-state index is 11.9. The monoisotopic (exact) mass is 390 g/mol. The van der Waals surface area contributed by atoms with Crippen molar-refractivity contribution in [3.63, 3.8) is 0 Å². The summed E-state index contributed by atoms with van der Waals surface area (Å²) in [6.45, 7) is 0. The number of rotatable bonds is 7. The number of hydrogen-bond acceptors (Lipinski definition) is 5. The van der Waals surface area contributed by atoms with Crippen molar-refractivity contribution in [2.24, 2.45) is 5.10 Å². The molecule has 3 rings (SSSR count). The van der Waals surface area contributed by atoms with E-state index in [0.717, 1.165) is 17.0 Å². The third-order valence-corrected chi connectivity index (χ3v) is 4.03. The number of amides is 1. The summed E-state index contributed by atoms with van der Waals surface area (Å²) in [5.41, 5.74) is 4.76. The fourth-order valence-corrected chi connectivity index (χ4v) is 2.56. The van der Waals surface area contributed by atoms with Gasteiger partial charge in [-0.15, -0.1) is 0 Å². The predicted octanol–water partition coefficient (Wildman–Crippen LogP) is 3.56. The predicted molar refractivity (Wildman–Crippen MR) is 110 cm³/mol. The van der Waals surface area contributed by atoms with Crippen LogP contribution in [0.25, 0.3) is 11.8 Å². The summed E-state index contributed by atoms with van der Waals surface area (Å²) in [5, 5.41) is 14.7. The highest BCUT2D eigenvalue weighted by Crippen LogP contribution is 2.17. The van der Waals surface area contributed by atoms with Crippen molar-refractivity contribution in [3.05, 3.63) is 94.3 Å². The Kier molecular flexibility index (Phi) is 6.16. The normalized spacial score (nSPS) is 11.1. The Hall–Kier alpha value is -4.20. The zero-order valence-electron chi connectivity index (χ0n) is 15.6. The quantitative estimate of drug-likeness (QED) is 0.289. The molecule has 146 valence electrons. The van der Waals surface area contributed by atoms with Gasteiger partial charge in [-0.25, -0.2) is 5.43 Å². The largest absolute Gasteiger partial charge is 0.497 e. The topological polar surface area (TPSA) is 98.8 Å². The first kappa shape index (κ1) is 19.6. The smallest absolute Gasteiger partial charge is 0.269 e. The van der Waals surface area contributed by atoms with Gasteiger partial charge in [0.25, 0.3) is 11.6 Å². The van der Waals surface area contributed by atoms with Gasteiger partial charge in [0, 0.05) is 30.1 Å². The third kappa shape index (κ3) is 5.16. The Morgan fingerprint density at radius 1 is 1.14 bits per heavy atom. The number of benzene rings is 2. The first-order valence-corrected chi connectivity index (χ1v) is 8.64. The number of nitrogens with zero attached hydrogens (tertiary/aromatic N) is 3. The van der Waals surface area contributed by atoms with E-state index < -0.39 is 4.92 Å². The number of non-ortho nitro benzene ring substituents is 1. The van der Waals surface area contributed by atoms with E-state index in [1.807, 2.05) is 36.4 Å². The Bertz CT molecular complexity index is 1050. The second-order valence-electron chi connectivity index (χ2n) is 5.92. The summed E-state index contributed by atoms with van der Waals surface area (Å²) in [5.74, 6) is 0.373. The summed E-state index contributed by atoms with van der Waals surface area (Å²) < 4.78 is 6.88. The van der Waals surface area contributed by atoms with E-state index in [0.29, 0.717) is 5.69 Å². The van der Waals surface area contributed by atoms with Crippen LogP contribution in [0.2, 0.25) is 0 Å². The van der Waals surface area contributed by atoms with Gasteiger partial charge in [0.05, 0.1) is 23.9 Å². The zero-order valence-corrected chi connectivity index (χ0v) is 15.6. The van der Waals surface area contributed by atoms with Crippen molar-refractivity contribution in [1.82, 2.24) is 9.99 Å². The van der Waals surface area contributed by atoms with Crippen LogP contribution in [0.4, 0.5) is 5.69 Å². The molecule has 0 aliphatic carbocycles. The lowest BCUT2D eigenvalue weighted by Gasteiger charge is -2.05. The molecule has 0 aliphatic heterocycles. The Morgan fingerprint density at radius 3 is 2.52 bits per heavy atom. The van der Waals surface area contributed by atoms with E-state index in [1.165, 1.54) is 24.4 Å². The van der Waals surface area contributed by atoms with Crippen molar-refractivity contribution in [2.45, 2.75) is 0 Å². The number of hydrazone groups is 1. The first-order valence-electron chi connectivity index (χ1n) is 8.64. The molecule has 1 aromatic heterocycles. The summed E-state index contributed by atoms with van der Waals surface area (Å²) >= 11 is 0. The lowest BCUT2D eigenvalue weighted by atomic mass is 10.2. The Morgan fingerprint density at radius 2 is 1.86 bits per heavy atom. The van der Waals surface area contributed by atoms with Gasteiger partial charge in [-0.3, -0.25) is 14.9 Å². The van der Waals surface area contributed by atoms with E-state index in [9.17, 15) is 14.9 Å². The number of nitro groups is 1. The molecule has 0 saturated heterocycles. The number of hydrogen-bond donors (Lipinski definition) is 1. The Labute approximate surface area is 166 Å². The second kappa shape index (κ2) is 9.14. The van der Waals surface area contributed by atoms with Crippen molar-refractivity contribution < 1.29 is 14.5 Å². The van der Waals surface area contributed by atoms with Crippen molar-refractivity contribution >= 4 is 23.9 Å². The van der Waals surface area contributed by atoms with Crippen LogP contribution in [0, 0.1) is 10.1 Å². The zero-order chi connectivity index (χ0) is 20.6. The molecular formula is C21H18N4O4. The molecule has 0 unspecified atom stereocenters. The molecule has 8 heteroatoms. The molecule has 0 bridgehead atoms. The molecule has 1 amide bonds. The molecule has 8 nitrogen and oxygen atoms in total. The number of aromatic nitrogens is 1. The van der Waals surface area contributed by atoms with E-state index in [1.54, 1.807) is 36.1 Å². The first-order chi connectivity index (χ1) is 14.1. The van der Waals surface area contributed by atoms with Gasteiger partial charge in [0.1, 0.15) is 5.75 Å². The lowest BCUT2D eigenvalue weighted by molar-refractivity contribution is -0.384. The van der Waals surface area contributed by atoms with E-state index >= 15 is 0 Å². The molecule has 29 heavy (non-hydrogen) atoms. The van der Waals surface area contributed by atoms with E-state index in [-0.39, 0.29) is 11.6 Å². The fourth-order valence-electron chi connectivity index (χ4n) is 2.56. The van der Waals surface area contributed by atoms with Crippen LogP contribution in [-0.4, -0.2) is 28.7 Å². The maximum absolute atomic E-state index is 11.9. The number of carbonyl (C=O) groups excluding carboxylic acids is 1. The SMILES string of the molecule is COc1ccc(/C=C/C(=O)N/N=C/c2cccn2-c2ccc([N+](=O)[O-])cc2)cc1. The standard InChI is InChI=1S/C21H18N4O4/c1-29-20-11-4-16(5-12-20)6-13-21(26)23-22-15-19-3-2-14-24(19)17-7-9-18(10-8-17)25(27)28/h2-15H,1H3,(H,23,26)/b13-6+,22-15+. The minimum absolute atomic E-state index is 0.0204. The summed E-state index contributed by atoms with van der Waals surface area (Å²) in [7, 11) is 1.59. The molecule has 0 saturated carbocycles. The average molecular weight is 390 g/mol. The number of ether oxygens (including phenoxy) is 1. The van der Waals surface area contributed by atoms with E-state index in [4.69, 9.17) is 4.74 Å². The maximum Gasteiger partial charge on any atom is 0.269 e. The molecule has 1 heterocycles. The summed E-state index contributed by atoms with van der Waals surface area (Å²) in [6.07, 6.45) is 6.35. The van der Waals surface area contributed by atoms with Crippen LogP contribution in [0.1, 0.15) is 11.3 Å². The minimum atomic E-state index is -0.448. The van der Waals surface area contributed by atoms with E-state index in [2.05, 4.69) is 10.5 Å².